The van der Waals surface area contributed by atoms with Gasteiger partial charge in [0.05, 0.1) is 17.7 Å². The van der Waals surface area contributed by atoms with Crippen LogP contribution in [0.4, 0.5) is 5.69 Å². The number of carbonyl (C=O) groups excluding carboxylic acids is 1. The van der Waals surface area contributed by atoms with E-state index in [1.807, 2.05) is 6.92 Å². The van der Waals surface area contributed by atoms with Crippen molar-refractivity contribution in [2.24, 2.45) is 5.92 Å². The normalized spacial score (nSPS) is 13.0. The van der Waals surface area contributed by atoms with Crippen molar-refractivity contribution in [2.45, 2.75) is 38.0 Å². The van der Waals surface area contributed by atoms with Gasteiger partial charge in [0.1, 0.15) is 5.75 Å². The van der Waals surface area contributed by atoms with Gasteiger partial charge in [-0.1, -0.05) is 26.7 Å². The zero-order valence-electron chi connectivity index (χ0n) is 14.4. The Hall–Kier alpha value is -1.60. The summed E-state index contributed by atoms with van der Waals surface area (Å²) >= 11 is 0. The van der Waals surface area contributed by atoms with Crippen LogP contribution in [0.5, 0.6) is 5.75 Å². The van der Waals surface area contributed by atoms with Gasteiger partial charge < -0.3 is 10.1 Å². The monoisotopic (exact) mass is 342 g/mol. The molecule has 0 radical (unpaired) electrons. The number of nitrogens with one attached hydrogen (secondary N) is 1. The molecule has 0 aliphatic rings. The summed E-state index contributed by atoms with van der Waals surface area (Å²) in [4.78, 5) is 12.4. The fourth-order valence-corrected chi connectivity index (χ4v) is 2.98. The molecule has 0 saturated carbocycles. The second-order valence-electron chi connectivity index (χ2n) is 5.68. The number of benzene rings is 1. The molecule has 7 heteroatoms. The predicted octanol–water partition coefficient (Wildman–Crippen LogP) is 2.71. The van der Waals surface area contributed by atoms with E-state index in [9.17, 15) is 13.2 Å². The number of carbonyl (C=O) groups is 1. The van der Waals surface area contributed by atoms with Crippen LogP contribution >= 0.6 is 0 Å². The van der Waals surface area contributed by atoms with Gasteiger partial charge >= 0.3 is 0 Å². The molecule has 1 atom stereocenters. The molecule has 1 rings (SSSR count). The molecule has 0 aromatic heterocycles. The molecule has 0 fully saturated rings. The van der Waals surface area contributed by atoms with Crippen LogP contribution in [0.25, 0.3) is 0 Å². The minimum Gasteiger partial charge on any atom is -0.495 e. The molecule has 0 aliphatic carbocycles. The highest BCUT2D eigenvalue weighted by atomic mass is 32.2. The van der Waals surface area contributed by atoms with Gasteiger partial charge in [-0.15, -0.1) is 0 Å². The van der Waals surface area contributed by atoms with Crippen molar-refractivity contribution in [1.82, 2.24) is 4.31 Å². The number of hydrogen-bond donors (Lipinski definition) is 1. The van der Waals surface area contributed by atoms with E-state index in [2.05, 4.69) is 12.2 Å². The van der Waals surface area contributed by atoms with E-state index in [-0.39, 0.29) is 16.7 Å². The molecule has 130 valence electrons. The third-order valence-electron chi connectivity index (χ3n) is 3.65. The second-order valence-corrected chi connectivity index (χ2v) is 7.83. The average molecular weight is 342 g/mol. The number of rotatable bonds is 8. The molecule has 0 unspecified atom stereocenters. The van der Waals surface area contributed by atoms with Gasteiger partial charge in [0.25, 0.3) is 0 Å². The van der Waals surface area contributed by atoms with Crippen LogP contribution in [0.1, 0.15) is 33.1 Å². The van der Waals surface area contributed by atoms with Gasteiger partial charge in [0.15, 0.2) is 0 Å². The van der Waals surface area contributed by atoms with Crippen molar-refractivity contribution >= 4 is 21.6 Å². The first-order valence-corrected chi connectivity index (χ1v) is 9.09. The Kier molecular flexibility index (Phi) is 7.02. The van der Waals surface area contributed by atoms with Crippen LogP contribution in [0.15, 0.2) is 23.1 Å². The number of unbranched alkanes of at least 4 members (excludes halogenated alkanes) is 1. The number of hydrogen-bond acceptors (Lipinski definition) is 4. The topological polar surface area (TPSA) is 75.7 Å². The van der Waals surface area contributed by atoms with E-state index in [1.54, 1.807) is 6.07 Å². The molecule has 0 saturated heterocycles. The van der Waals surface area contributed by atoms with Crippen LogP contribution in [-0.4, -0.2) is 39.8 Å². The van der Waals surface area contributed by atoms with Crippen LogP contribution in [0.3, 0.4) is 0 Å². The van der Waals surface area contributed by atoms with Crippen LogP contribution in [0, 0.1) is 5.92 Å². The number of sulfonamides is 1. The maximum atomic E-state index is 12.3. The summed E-state index contributed by atoms with van der Waals surface area (Å²) in [6.45, 7) is 3.93. The number of methoxy groups -OCH3 is 1. The minimum absolute atomic E-state index is 0.111. The molecule has 1 aromatic rings. The molecule has 0 heterocycles. The van der Waals surface area contributed by atoms with Crippen molar-refractivity contribution in [3.05, 3.63) is 18.2 Å². The molecule has 1 amide bonds. The second kappa shape index (κ2) is 8.31. The van der Waals surface area contributed by atoms with E-state index in [0.717, 1.165) is 23.6 Å². The molecule has 0 spiro atoms. The Morgan fingerprint density at radius 3 is 2.52 bits per heavy atom. The van der Waals surface area contributed by atoms with E-state index in [0.29, 0.717) is 11.4 Å². The highest BCUT2D eigenvalue weighted by Gasteiger charge is 2.21. The van der Waals surface area contributed by atoms with E-state index < -0.39 is 10.0 Å². The van der Waals surface area contributed by atoms with Gasteiger partial charge in [-0.3, -0.25) is 4.79 Å². The van der Waals surface area contributed by atoms with Crippen LogP contribution < -0.4 is 10.1 Å². The van der Waals surface area contributed by atoms with Gasteiger partial charge in [-0.2, -0.15) is 0 Å². The zero-order valence-corrected chi connectivity index (χ0v) is 15.2. The Morgan fingerprint density at radius 1 is 1.35 bits per heavy atom. The number of amides is 1. The lowest BCUT2D eigenvalue weighted by Crippen LogP contribution is -2.23. The predicted molar refractivity (Wildman–Crippen MR) is 91.2 cm³/mol. The fraction of sp³-hybridized carbons (Fsp3) is 0.562. The Morgan fingerprint density at radius 2 is 2.00 bits per heavy atom. The quantitative estimate of drug-likeness (QED) is 0.788. The lowest BCUT2D eigenvalue weighted by atomic mass is 10.0. The lowest BCUT2D eigenvalue weighted by Gasteiger charge is -2.17. The van der Waals surface area contributed by atoms with Crippen LogP contribution in [0.2, 0.25) is 0 Å². The first-order chi connectivity index (χ1) is 10.7. The molecule has 0 aliphatic heterocycles. The Bertz CT molecular complexity index is 641. The maximum Gasteiger partial charge on any atom is 0.242 e. The highest BCUT2D eigenvalue weighted by Crippen LogP contribution is 2.29. The lowest BCUT2D eigenvalue weighted by molar-refractivity contribution is -0.119. The first-order valence-electron chi connectivity index (χ1n) is 7.65. The third kappa shape index (κ3) is 4.94. The molecule has 23 heavy (non-hydrogen) atoms. The average Bonchev–Trinajstić information content (AvgIpc) is 2.52. The molecular weight excluding hydrogens is 316 g/mol. The standard InChI is InChI=1S/C16H26N2O4S/c1-6-7-8-12(2)16(19)17-14-11-13(9-10-15(14)22-5)23(20,21)18(3)4/h9-12H,6-8H2,1-5H3,(H,17,19)/t12-/m0/s1. The summed E-state index contributed by atoms with van der Waals surface area (Å²) in [6.07, 6.45) is 2.79. The first kappa shape index (κ1) is 19.4. The molecule has 1 N–H and O–H groups in total. The van der Waals surface area contributed by atoms with Crippen molar-refractivity contribution in [3.63, 3.8) is 0 Å². The van der Waals surface area contributed by atoms with E-state index in [4.69, 9.17) is 4.74 Å². The largest absolute Gasteiger partial charge is 0.495 e. The van der Waals surface area contributed by atoms with Gasteiger partial charge in [-0.05, 0) is 24.6 Å². The highest BCUT2D eigenvalue weighted by molar-refractivity contribution is 7.89. The van der Waals surface area contributed by atoms with Gasteiger partial charge in [0, 0.05) is 20.0 Å². The molecular formula is C16H26N2O4S. The number of ether oxygens (including phenoxy) is 1. The molecule has 6 nitrogen and oxygen atoms in total. The van der Waals surface area contributed by atoms with Crippen molar-refractivity contribution in [3.8, 4) is 5.75 Å². The summed E-state index contributed by atoms with van der Waals surface area (Å²) in [7, 11) is 0.836. The Balaban J connectivity index is 3.07. The van der Waals surface area contributed by atoms with E-state index >= 15 is 0 Å². The third-order valence-corrected chi connectivity index (χ3v) is 5.46. The van der Waals surface area contributed by atoms with Gasteiger partial charge in [-0.25, -0.2) is 12.7 Å². The van der Waals surface area contributed by atoms with E-state index in [1.165, 1.54) is 33.3 Å². The molecule has 0 bridgehead atoms. The SMILES string of the molecule is CCCC[C@H](C)C(=O)Nc1cc(S(=O)(=O)N(C)C)ccc1OC. The summed E-state index contributed by atoms with van der Waals surface area (Å²) in [5.41, 5.74) is 0.365. The van der Waals surface area contributed by atoms with Crippen molar-refractivity contribution in [2.75, 3.05) is 26.5 Å². The number of anilines is 1. The maximum absolute atomic E-state index is 12.3. The van der Waals surface area contributed by atoms with Crippen LogP contribution in [-0.2, 0) is 14.8 Å². The van der Waals surface area contributed by atoms with Crippen molar-refractivity contribution < 1.29 is 17.9 Å². The summed E-state index contributed by atoms with van der Waals surface area (Å²) < 4.78 is 30.8. The summed E-state index contributed by atoms with van der Waals surface area (Å²) in [6, 6.07) is 4.44. The smallest absolute Gasteiger partial charge is 0.242 e. The van der Waals surface area contributed by atoms with Gasteiger partial charge in [0.2, 0.25) is 15.9 Å². The minimum atomic E-state index is -3.57. The summed E-state index contributed by atoms with van der Waals surface area (Å²) in [5, 5.41) is 2.77. The fourth-order valence-electron chi connectivity index (χ4n) is 2.05. The Labute approximate surface area is 138 Å². The van der Waals surface area contributed by atoms with Crippen molar-refractivity contribution in [1.29, 1.82) is 0 Å². The molecule has 1 aromatic carbocycles. The zero-order chi connectivity index (χ0) is 17.6. The summed E-state index contributed by atoms with van der Waals surface area (Å²) in [5.74, 6) is 0.142. The number of nitrogens with zero attached hydrogens (tertiary/aromatic N) is 1.